The highest BCUT2D eigenvalue weighted by molar-refractivity contribution is 6.30. The summed E-state index contributed by atoms with van der Waals surface area (Å²) in [6.45, 7) is 0. The van der Waals surface area contributed by atoms with E-state index in [1.54, 1.807) is 0 Å². The third-order valence-corrected chi connectivity index (χ3v) is 11.0. The highest BCUT2D eigenvalue weighted by atomic mass is 16.3. The SMILES string of the molecule is c1ccc(N(c2ccccc2)c2ccc(N(c3ccc4ccc5ccccc5c4c3)c3ccc4c5ccccc5c5c6ccccc6oc5c4c3)cc2)cc1. The van der Waals surface area contributed by atoms with E-state index in [1.165, 1.54) is 37.7 Å². The van der Waals surface area contributed by atoms with E-state index in [2.05, 4.69) is 210 Å². The third-order valence-electron chi connectivity index (χ3n) is 11.0. The van der Waals surface area contributed by atoms with Crippen LogP contribution in [0.3, 0.4) is 0 Å². The molecule has 0 fully saturated rings. The van der Waals surface area contributed by atoms with Gasteiger partial charge in [0.05, 0.1) is 0 Å². The van der Waals surface area contributed by atoms with E-state index in [4.69, 9.17) is 4.42 Å². The van der Waals surface area contributed by atoms with Crippen molar-refractivity contribution in [2.45, 2.75) is 0 Å². The van der Waals surface area contributed by atoms with Crippen LogP contribution in [0.5, 0.6) is 0 Å². The molecule has 0 radical (unpaired) electrons. The summed E-state index contributed by atoms with van der Waals surface area (Å²) >= 11 is 0. The fourth-order valence-corrected chi connectivity index (χ4v) is 8.46. The summed E-state index contributed by atoms with van der Waals surface area (Å²) in [4.78, 5) is 4.68. The topological polar surface area (TPSA) is 19.6 Å². The summed E-state index contributed by atoms with van der Waals surface area (Å²) in [5, 5.41) is 11.9. The first-order chi connectivity index (χ1) is 27.3. The zero-order valence-electron chi connectivity index (χ0n) is 29.9. The highest BCUT2D eigenvalue weighted by Crippen LogP contribution is 2.45. The van der Waals surface area contributed by atoms with Gasteiger partial charge in [0.15, 0.2) is 0 Å². The molecule has 0 bridgehead atoms. The van der Waals surface area contributed by atoms with Gasteiger partial charge in [-0.25, -0.2) is 0 Å². The predicted molar refractivity (Wildman–Crippen MR) is 233 cm³/mol. The molecule has 0 aliphatic carbocycles. The number of nitrogens with zero attached hydrogens (tertiary/aromatic N) is 2. The second-order valence-corrected chi connectivity index (χ2v) is 14.1. The molecule has 1 aromatic heterocycles. The van der Waals surface area contributed by atoms with E-state index in [0.717, 1.165) is 61.4 Å². The molecule has 3 heteroatoms. The van der Waals surface area contributed by atoms with Crippen molar-refractivity contribution in [1.82, 2.24) is 0 Å². The number of furan rings is 1. The maximum absolute atomic E-state index is 6.73. The average molecular weight is 703 g/mol. The minimum Gasteiger partial charge on any atom is -0.455 e. The molecule has 0 aliphatic heterocycles. The standard InChI is InChI=1S/C52H34N2O/c1-3-14-37(15-4-1)53(38-16-5-2-6-17-38)39-27-29-40(30-28-39)54(41-26-25-36-24-23-35-13-7-8-18-43(35)48(36)33-41)42-31-32-45-44-19-9-10-20-46(44)51-47-21-11-12-22-50(47)55-52(51)49(45)34-42/h1-34H. The molecule has 0 saturated heterocycles. The van der Waals surface area contributed by atoms with Gasteiger partial charge in [0, 0.05) is 50.3 Å². The minimum absolute atomic E-state index is 0.899. The Bertz CT molecular complexity index is 3160. The molecule has 10 aromatic carbocycles. The van der Waals surface area contributed by atoms with Crippen molar-refractivity contribution >= 4 is 99.2 Å². The quantitative estimate of drug-likeness (QED) is 0.161. The van der Waals surface area contributed by atoms with E-state index in [9.17, 15) is 0 Å². The van der Waals surface area contributed by atoms with Crippen molar-refractivity contribution in [2.24, 2.45) is 0 Å². The van der Waals surface area contributed by atoms with Gasteiger partial charge in [0.25, 0.3) is 0 Å². The second-order valence-electron chi connectivity index (χ2n) is 14.1. The van der Waals surface area contributed by atoms with E-state index in [0.29, 0.717) is 0 Å². The predicted octanol–water partition coefficient (Wildman–Crippen LogP) is 15.1. The third kappa shape index (κ3) is 5.13. The molecule has 0 saturated carbocycles. The molecule has 3 nitrogen and oxygen atoms in total. The van der Waals surface area contributed by atoms with E-state index in [1.807, 2.05) is 6.07 Å². The molecule has 0 atom stereocenters. The largest absolute Gasteiger partial charge is 0.455 e. The Morgan fingerprint density at radius 1 is 0.273 bits per heavy atom. The molecule has 258 valence electrons. The van der Waals surface area contributed by atoms with Crippen LogP contribution in [0.15, 0.2) is 211 Å². The molecule has 0 spiro atoms. The Kier molecular flexibility index (Phi) is 7.17. The molecule has 55 heavy (non-hydrogen) atoms. The van der Waals surface area contributed by atoms with Crippen LogP contribution in [0, 0.1) is 0 Å². The van der Waals surface area contributed by atoms with Gasteiger partial charge in [-0.15, -0.1) is 0 Å². The van der Waals surface area contributed by atoms with Crippen molar-refractivity contribution in [3.63, 3.8) is 0 Å². The van der Waals surface area contributed by atoms with Gasteiger partial charge in [0.2, 0.25) is 0 Å². The van der Waals surface area contributed by atoms with Crippen LogP contribution in [0.25, 0.3) is 65.0 Å². The zero-order chi connectivity index (χ0) is 36.3. The summed E-state index contributed by atoms with van der Waals surface area (Å²) in [5.74, 6) is 0. The maximum Gasteiger partial charge on any atom is 0.143 e. The Balaban J connectivity index is 1.14. The van der Waals surface area contributed by atoms with Gasteiger partial charge >= 0.3 is 0 Å². The number of fused-ring (bicyclic) bond motifs is 11. The number of anilines is 6. The van der Waals surface area contributed by atoms with Crippen molar-refractivity contribution in [3.8, 4) is 0 Å². The van der Waals surface area contributed by atoms with Gasteiger partial charge < -0.3 is 14.2 Å². The molecule has 11 aromatic rings. The van der Waals surface area contributed by atoms with Gasteiger partial charge in [-0.1, -0.05) is 127 Å². The Labute approximate surface area is 318 Å². The van der Waals surface area contributed by atoms with Crippen LogP contribution < -0.4 is 9.80 Å². The summed E-state index contributed by atoms with van der Waals surface area (Å²) in [7, 11) is 0. The van der Waals surface area contributed by atoms with E-state index < -0.39 is 0 Å². The number of hydrogen-bond donors (Lipinski definition) is 0. The van der Waals surface area contributed by atoms with Crippen molar-refractivity contribution in [2.75, 3.05) is 9.80 Å². The van der Waals surface area contributed by atoms with Crippen molar-refractivity contribution in [3.05, 3.63) is 206 Å². The summed E-state index contributed by atoms with van der Waals surface area (Å²) in [6.07, 6.45) is 0. The lowest BCUT2D eigenvalue weighted by atomic mass is 9.96. The molecule has 11 rings (SSSR count). The second kappa shape index (κ2) is 12.6. The maximum atomic E-state index is 6.73. The molecular formula is C52H34N2O. The molecular weight excluding hydrogens is 669 g/mol. The normalized spacial score (nSPS) is 11.6. The van der Waals surface area contributed by atoms with Gasteiger partial charge in [0.1, 0.15) is 11.2 Å². The number of hydrogen-bond acceptors (Lipinski definition) is 3. The van der Waals surface area contributed by atoms with Crippen LogP contribution in [-0.4, -0.2) is 0 Å². The molecule has 0 aliphatic rings. The lowest BCUT2D eigenvalue weighted by Gasteiger charge is -2.29. The van der Waals surface area contributed by atoms with Gasteiger partial charge in [-0.3, -0.25) is 0 Å². The lowest BCUT2D eigenvalue weighted by Crippen LogP contribution is -2.12. The first-order valence-corrected chi connectivity index (χ1v) is 18.8. The highest BCUT2D eigenvalue weighted by Gasteiger charge is 2.20. The lowest BCUT2D eigenvalue weighted by molar-refractivity contribution is 0.673. The van der Waals surface area contributed by atoms with Gasteiger partial charge in [-0.05, 0) is 117 Å². The average Bonchev–Trinajstić information content (AvgIpc) is 3.66. The Morgan fingerprint density at radius 3 is 1.40 bits per heavy atom. The summed E-state index contributed by atoms with van der Waals surface area (Å²) < 4.78 is 6.73. The number of rotatable bonds is 6. The van der Waals surface area contributed by atoms with E-state index >= 15 is 0 Å². The Morgan fingerprint density at radius 2 is 0.709 bits per heavy atom. The van der Waals surface area contributed by atoms with Crippen LogP contribution >= 0.6 is 0 Å². The van der Waals surface area contributed by atoms with Crippen molar-refractivity contribution in [1.29, 1.82) is 0 Å². The first kappa shape index (κ1) is 31.2. The molecule has 0 amide bonds. The van der Waals surface area contributed by atoms with Crippen LogP contribution in [0.2, 0.25) is 0 Å². The summed E-state index contributed by atoms with van der Waals surface area (Å²) in [6, 6.07) is 73.9. The van der Waals surface area contributed by atoms with Gasteiger partial charge in [-0.2, -0.15) is 0 Å². The molecule has 1 heterocycles. The van der Waals surface area contributed by atoms with E-state index in [-0.39, 0.29) is 0 Å². The Hall–Kier alpha value is -7.36. The molecule has 0 N–H and O–H groups in total. The fourth-order valence-electron chi connectivity index (χ4n) is 8.46. The monoisotopic (exact) mass is 702 g/mol. The van der Waals surface area contributed by atoms with Crippen LogP contribution in [0.4, 0.5) is 34.1 Å². The smallest absolute Gasteiger partial charge is 0.143 e. The number of benzene rings is 10. The summed E-state index contributed by atoms with van der Waals surface area (Å²) in [5.41, 5.74) is 8.31. The minimum atomic E-state index is 0.899. The zero-order valence-corrected chi connectivity index (χ0v) is 29.9. The fraction of sp³-hybridized carbons (Fsp3) is 0. The first-order valence-electron chi connectivity index (χ1n) is 18.8. The van der Waals surface area contributed by atoms with Crippen LogP contribution in [0.1, 0.15) is 0 Å². The number of para-hydroxylation sites is 3. The molecule has 0 unspecified atom stereocenters. The van der Waals surface area contributed by atoms with Crippen LogP contribution in [-0.2, 0) is 0 Å². The van der Waals surface area contributed by atoms with Crippen molar-refractivity contribution < 1.29 is 4.42 Å².